The Morgan fingerprint density at radius 3 is 2.45 bits per heavy atom. The van der Waals surface area contributed by atoms with Crippen molar-refractivity contribution in [2.24, 2.45) is 0 Å². The maximum atomic E-state index is 11.0. The number of carbonyl (C=O) groups is 1. The highest BCUT2D eigenvalue weighted by atomic mass is 16.6. The number of anilines is 2. The SMILES string of the molecule is Cc1cccc(N(C)c2ccc([N+](=O)[O-])c(C=O)c2)c1. The zero-order valence-electron chi connectivity index (χ0n) is 11.2. The zero-order chi connectivity index (χ0) is 14.7. The van der Waals surface area contributed by atoms with E-state index in [9.17, 15) is 14.9 Å². The molecule has 0 saturated carbocycles. The third-order valence-corrected chi connectivity index (χ3v) is 3.11. The minimum atomic E-state index is -0.555. The van der Waals surface area contributed by atoms with Crippen molar-refractivity contribution in [1.29, 1.82) is 0 Å². The minimum Gasteiger partial charge on any atom is -0.345 e. The van der Waals surface area contributed by atoms with Gasteiger partial charge in [0.2, 0.25) is 0 Å². The van der Waals surface area contributed by atoms with Crippen molar-refractivity contribution in [2.45, 2.75) is 6.92 Å². The number of aryl methyl sites for hydroxylation is 1. The van der Waals surface area contributed by atoms with Gasteiger partial charge >= 0.3 is 0 Å². The second-order valence-electron chi connectivity index (χ2n) is 4.52. The fourth-order valence-corrected chi connectivity index (χ4v) is 2.00. The number of rotatable bonds is 4. The highest BCUT2D eigenvalue weighted by Gasteiger charge is 2.15. The summed E-state index contributed by atoms with van der Waals surface area (Å²) in [6.45, 7) is 1.99. The Labute approximate surface area is 116 Å². The predicted octanol–water partition coefficient (Wildman–Crippen LogP) is 3.48. The lowest BCUT2D eigenvalue weighted by molar-refractivity contribution is -0.385. The van der Waals surface area contributed by atoms with Gasteiger partial charge in [-0.3, -0.25) is 14.9 Å². The molecule has 0 saturated heterocycles. The summed E-state index contributed by atoms with van der Waals surface area (Å²) in [5, 5.41) is 10.8. The Balaban J connectivity index is 2.43. The molecule has 0 heterocycles. The highest BCUT2D eigenvalue weighted by molar-refractivity contribution is 5.84. The molecule has 0 aliphatic heterocycles. The summed E-state index contributed by atoms with van der Waals surface area (Å²) in [6.07, 6.45) is 0.506. The molecule has 0 N–H and O–H groups in total. The molecule has 5 nitrogen and oxygen atoms in total. The van der Waals surface area contributed by atoms with E-state index < -0.39 is 4.92 Å². The predicted molar refractivity (Wildman–Crippen MR) is 77.7 cm³/mol. The summed E-state index contributed by atoms with van der Waals surface area (Å²) in [5.74, 6) is 0. The second-order valence-corrected chi connectivity index (χ2v) is 4.52. The lowest BCUT2D eigenvalue weighted by Crippen LogP contribution is -2.10. The summed E-state index contributed by atoms with van der Waals surface area (Å²) >= 11 is 0. The molecule has 0 aromatic heterocycles. The number of benzene rings is 2. The number of carbonyl (C=O) groups excluding carboxylic acids is 1. The van der Waals surface area contributed by atoms with Crippen LogP contribution in [0.2, 0.25) is 0 Å². The molecule has 0 bridgehead atoms. The lowest BCUT2D eigenvalue weighted by Gasteiger charge is -2.20. The Morgan fingerprint density at radius 2 is 1.85 bits per heavy atom. The largest absolute Gasteiger partial charge is 0.345 e. The van der Waals surface area contributed by atoms with Crippen LogP contribution in [0.5, 0.6) is 0 Å². The fourth-order valence-electron chi connectivity index (χ4n) is 2.00. The summed E-state index contributed by atoms with van der Waals surface area (Å²) in [5.41, 5.74) is 2.69. The monoisotopic (exact) mass is 270 g/mol. The van der Waals surface area contributed by atoms with Crippen LogP contribution in [0.1, 0.15) is 15.9 Å². The molecule has 2 aromatic rings. The van der Waals surface area contributed by atoms with E-state index in [2.05, 4.69) is 0 Å². The van der Waals surface area contributed by atoms with Crippen LogP contribution in [0, 0.1) is 17.0 Å². The van der Waals surface area contributed by atoms with E-state index in [-0.39, 0.29) is 11.3 Å². The molecule has 5 heteroatoms. The number of hydrogen-bond acceptors (Lipinski definition) is 4. The van der Waals surface area contributed by atoms with Gasteiger partial charge < -0.3 is 4.90 Å². The van der Waals surface area contributed by atoms with E-state index in [0.717, 1.165) is 16.9 Å². The highest BCUT2D eigenvalue weighted by Crippen LogP contribution is 2.28. The Morgan fingerprint density at radius 1 is 1.15 bits per heavy atom. The first-order valence-corrected chi connectivity index (χ1v) is 6.07. The van der Waals surface area contributed by atoms with Gasteiger partial charge in [0.15, 0.2) is 6.29 Å². The maximum absolute atomic E-state index is 11.0. The van der Waals surface area contributed by atoms with Crippen LogP contribution >= 0.6 is 0 Å². The average Bonchev–Trinajstić information content (AvgIpc) is 2.45. The maximum Gasteiger partial charge on any atom is 0.280 e. The number of nitro benzene ring substituents is 1. The number of nitrogens with zero attached hydrogens (tertiary/aromatic N) is 2. The first-order chi connectivity index (χ1) is 9.52. The quantitative estimate of drug-likeness (QED) is 0.484. The van der Waals surface area contributed by atoms with E-state index in [0.29, 0.717) is 6.29 Å². The second kappa shape index (κ2) is 5.52. The Bertz CT molecular complexity index is 668. The van der Waals surface area contributed by atoms with Gasteiger partial charge in [0, 0.05) is 24.5 Å². The van der Waals surface area contributed by atoms with Crippen LogP contribution in [0.3, 0.4) is 0 Å². The zero-order valence-corrected chi connectivity index (χ0v) is 11.2. The van der Waals surface area contributed by atoms with Gasteiger partial charge in [-0.2, -0.15) is 0 Å². The molecule has 2 rings (SSSR count). The minimum absolute atomic E-state index is 0.0759. The van der Waals surface area contributed by atoms with Crippen LogP contribution in [0.4, 0.5) is 17.1 Å². The molecule has 0 fully saturated rings. The number of hydrogen-bond donors (Lipinski definition) is 0. The van der Waals surface area contributed by atoms with Crippen LogP contribution < -0.4 is 4.90 Å². The molecule has 0 radical (unpaired) electrons. The Kier molecular flexibility index (Phi) is 3.79. The topological polar surface area (TPSA) is 63.4 Å². The number of aldehydes is 1. The van der Waals surface area contributed by atoms with Crippen molar-refractivity contribution in [2.75, 3.05) is 11.9 Å². The normalized spacial score (nSPS) is 10.1. The van der Waals surface area contributed by atoms with Crippen LogP contribution in [0.15, 0.2) is 42.5 Å². The van der Waals surface area contributed by atoms with Crippen molar-refractivity contribution in [3.63, 3.8) is 0 Å². The molecule has 0 aliphatic carbocycles. The van der Waals surface area contributed by atoms with Crippen molar-refractivity contribution in [3.8, 4) is 0 Å². The van der Waals surface area contributed by atoms with Crippen molar-refractivity contribution in [1.82, 2.24) is 0 Å². The molecular weight excluding hydrogens is 256 g/mol. The van der Waals surface area contributed by atoms with E-state index in [4.69, 9.17) is 0 Å². The third kappa shape index (κ3) is 2.66. The number of nitro groups is 1. The lowest BCUT2D eigenvalue weighted by atomic mass is 10.1. The van der Waals surface area contributed by atoms with E-state index in [1.54, 1.807) is 6.07 Å². The first kappa shape index (κ1) is 13.7. The molecule has 0 aliphatic rings. The molecule has 0 atom stereocenters. The van der Waals surface area contributed by atoms with Gasteiger partial charge in [-0.1, -0.05) is 12.1 Å². The van der Waals surface area contributed by atoms with Crippen LogP contribution in [0.25, 0.3) is 0 Å². The van der Waals surface area contributed by atoms with Crippen molar-refractivity contribution in [3.05, 3.63) is 63.7 Å². The Hall–Kier alpha value is -2.69. The van der Waals surface area contributed by atoms with E-state index in [1.807, 2.05) is 43.1 Å². The van der Waals surface area contributed by atoms with Crippen molar-refractivity contribution >= 4 is 23.3 Å². The van der Waals surface area contributed by atoms with Crippen molar-refractivity contribution < 1.29 is 9.72 Å². The van der Waals surface area contributed by atoms with Gasteiger partial charge in [0.25, 0.3) is 5.69 Å². The molecule has 102 valence electrons. The first-order valence-electron chi connectivity index (χ1n) is 6.07. The average molecular weight is 270 g/mol. The smallest absolute Gasteiger partial charge is 0.280 e. The van der Waals surface area contributed by atoms with E-state index in [1.165, 1.54) is 12.1 Å². The molecular formula is C15H14N2O3. The molecule has 0 spiro atoms. The molecule has 2 aromatic carbocycles. The van der Waals surface area contributed by atoms with Gasteiger partial charge in [0.05, 0.1) is 10.5 Å². The van der Waals surface area contributed by atoms with Gasteiger partial charge in [-0.05, 0) is 36.8 Å². The van der Waals surface area contributed by atoms with Crippen LogP contribution in [-0.2, 0) is 0 Å². The summed E-state index contributed by atoms with van der Waals surface area (Å²) in [7, 11) is 1.85. The third-order valence-electron chi connectivity index (χ3n) is 3.11. The summed E-state index contributed by atoms with van der Waals surface area (Å²) in [6, 6.07) is 12.4. The summed E-state index contributed by atoms with van der Waals surface area (Å²) < 4.78 is 0. The van der Waals surface area contributed by atoms with Crippen LogP contribution in [-0.4, -0.2) is 18.3 Å². The molecule has 0 amide bonds. The molecule has 20 heavy (non-hydrogen) atoms. The van der Waals surface area contributed by atoms with Gasteiger partial charge in [0.1, 0.15) is 0 Å². The summed E-state index contributed by atoms with van der Waals surface area (Å²) in [4.78, 5) is 23.1. The van der Waals surface area contributed by atoms with Gasteiger partial charge in [-0.15, -0.1) is 0 Å². The van der Waals surface area contributed by atoms with E-state index >= 15 is 0 Å². The standard InChI is InChI=1S/C15H14N2O3/c1-11-4-3-5-13(8-11)16(2)14-6-7-15(17(19)20)12(9-14)10-18/h3-10H,1-2H3. The van der Waals surface area contributed by atoms with Gasteiger partial charge in [-0.25, -0.2) is 0 Å². The molecule has 0 unspecified atom stereocenters. The fraction of sp³-hybridized carbons (Fsp3) is 0.133.